The van der Waals surface area contributed by atoms with Crippen molar-refractivity contribution in [2.75, 3.05) is 14.2 Å². The van der Waals surface area contributed by atoms with Gasteiger partial charge in [0.05, 0.1) is 30.9 Å². The van der Waals surface area contributed by atoms with E-state index in [0.29, 0.717) is 23.7 Å². The number of nitrogens with zero attached hydrogens (tertiary/aromatic N) is 6. The molecule has 0 N–H and O–H groups in total. The van der Waals surface area contributed by atoms with Gasteiger partial charge >= 0.3 is 0 Å². The molecule has 2 aromatic carbocycles. The van der Waals surface area contributed by atoms with Crippen LogP contribution < -0.4 is 9.47 Å². The highest BCUT2D eigenvalue weighted by Crippen LogP contribution is 2.38. The number of amides is 1. The molecule has 2 aromatic heterocycles. The predicted molar refractivity (Wildman–Crippen MR) is 128 cm³/mol. The van der Waals surface area contributed by atoms with E-state index in [1.54, 1.807) is 25.6 Å². The Labute approximate surface area is 200 Å². The molecule has 0 spiro atoms. The third-order valence-electron chi connectivity index (χ3n) is 5.53. The van der Waals surface area contributed by atoms with Gasteiger partial charge in [-0.2, -0.15) is 9.90 Å². The number of tetrazole rings is 1. The second-order valence-electron chi connectivity index (χ2n) is 7.61. The number of ether oxygens (including phenoxy) is 2. The number of hydrazone groups is 1. The Morgan fingerprint density at radius 3 is 2.62 bits per heavy atom. The summed E-state index contributed by atoms with van der Waals surface area (Å²) in [5, 5.41) is 20.7. The van der Waals surface area contributed by atoms with Crippen molar-refractivity contribution < 1.29 is 14.3 Å². The van der Waals surface area contributed by atoms with E-state index in [4.69, 9.17) is 14.6 Å². The molecule has 172 valence electrons. The van der Waals surface area contributed by atoms with Crippen molar-refractivity contribution >= 4 is 23.0 Å². The summed E-state index contributed by atoms with van der Waals surface area (Å²) in [5.74, 6) is 1.46. The summed E-state index contributed by atoms with van der Waals surface area (Å²) in [6.45, 7) is -0.0785. The lowest BCUT2D eigenvalue weighted by atomic mass is 10.0. The summed E-state index contributed by atoms with van der Waals surface area (Å²) < 4.78 is 10.8. The Morgan fingerprint density at radius 2 is 1.88 bits per heavy atom. The van der Waals surface area contributed by atoms with Crippen LogP contribution in [0.3, 0.4) is 0 Å². The minimum atomic E-state index is -0.290. The fourth-order valence-electron chi connectivity index (χ4n) is 3.86. The first-order valence-corrected chi connectivity index (χ1v) is 11.5. The van der Waals surface area contributed by atoms with Gasteiger partial charge in [-0.1, -0.05) is 42.5 Å². The Hall–Kier alpha value is -4.05. The standard InChI is InChI=1S/C24H22N6O3S/c1-32-20-11-10-17(13-21(20)33-2)19-14-18(22-9-6-12-34-22)26-30(19)23(31)15-29-27-24(25-28-29)16-7-4-3-5-8-16/h3-13,19H,14-15H2,1-2H3/t19-/m1/s1. The van der Waals surface area contributed by atoms with E-state index in [1.165, 1.54) is 9.81 Å². The van der Waals surface area contributed by atoms with Crippen LogP contribution in [0.1, 0.15) is 22.9 Å². The lowest BCUT2D eigenvalue weighted by Gasteiger charge is -2.22. The molecule has 0 radical (unpaired) electrons. The third kappa shape index (κ3) is 4.27. The quantitative estimate of drug-likeness (QED) is 0.404. The molecule has 0 saturated heterocycles. The number of benzene rings is 2. The van der Waals surface area contributed by atoms with Gasteiger partial charge in [0, 0.05) is 12.0 Å². The number of hydrogen-bond donors (Lipinski definition) is 0. The summed E-state index contributed by atoms with van der Waals surface area (Å²) in [7, 11) is 3.18. The molecule has 1 atom stereocenters. The number of rotatable bonds is 7. The highest BCUT2D eigenvalue weighted by atomic mass is 32.1. The number of aromatic nitrogens is 4. The molecule has 5 rings (SSSR count). The first-order chi connectivity index (χ1) is 16.7. The number of methoxy groups -OCH3 is 2. The molecule has 1 amide bonds. The fraction of sp³-hybridized carbons (Fsp3) is 0.208. The van der Waals surface area contributed by atoms with Gasteiger partial charge in [-0.15, -0.1) is 21.5 Å². The van der Waals surface area contributed by atoms with Crippen molar-refractivity contribution in [1.82, 2.24) is 25.2 Å². The van der Waals surface area contributed by atoms with Crippen LogP contribution in [0, 0.1) is 0 Å². The van der Waals surface area contributed by atoms with Gasteiger partial charge in [0.2, 0.25) is 5.82 Å². The zero-order chi connectivity index (χ0) is 23.5. The minimum Gasteiger partial charge on any atom is -0.493 e. The summed E-state index contributed by atoms with van der Waals surface area (Å²) in [4.78, 5) is 15.7. The van der Waals surface area contributed by atoms with Crippen molar-refractivity contribution in [2.24, 2.45) is 5.10 Å². The zero-order valence-corrected chi connectivity index (χ0v) is 19.5. The molecule has 1 aliphatic heterocycles. The van der Waals surface area contributed by atoms with E-state index in [2.05, 4.69) is 15.4 Å². The summed E-state index contributed by atoms with van der Waals surface area (Å²) in [5.41, 5.74) is 2.60. The first kappa shape index (κ1) is 21.8. The second-order valence-corrected chi connectivity index (χ2v) is 8.55. The van der Waals surface area contributed by atoms with E-state index in [0.717, 1.165) is 21.7 Å². The van der Waals surface area contributed by atoms with Crippen LogP contribution in [0.15, 0.2) is 71.1 Å². The maximum absolute atomic E-state index is 13.4. The third-order valence-corrected chi connectivity index (χ3v) is 6.44. The Bertz CT molecular complexity index is 1320. The van der Waals surface area contributed by atoms with Crippen molar-refractivity contribution in [3.05, 3.63) is 76.5 Å². The molecule has 4 aromatic rings. The normalized spacial score (nSPS) is 15.3. The molecule has 0 saturated carbocycles. The van der Waals surface area contributed by atoms with Crippen molar-refractivity contribution in [3.8, 4) is 22.9 Å². The van der Waals surface area contributed by atoms with Gasteiger partial charge in [0.25, 0.3) is 5.91 Å². The molecule has 10 heteroatoms. The van der Waals surface area contributed by atoms with Crippen LogP contribution in [-0.4, -0.2) is 51.1 Å². The molecular formula is C24H22N6O3S. The highest BCUT2D eigenvalue weighted by Gasteiger charge is 2.34. The number of hydrogen-bond acceptors (Lipinski definition) is 8. The monoisotopic (exact) mass is 474 g/mol. The van der Waals surface area contributed by atoms with Gasteiger partial charge in [-0.05, 0) is 34.4 Å². The SMILES string of the molecule is COc1ccc([C@H]2CC(c3cccs3)=NN2C(=O)Cn2nnc(-c3ccccc3)n2)cc1OC. The molecule has 3 heterocycles. The summed E-state index contributed by atoms with van der Waals surface area (Å²) in [6, 6.07) is 18.9. The molecule has 0 unspecified atom stereocenters. The molecule has 1 aliphatic rings. The molecule has 0 aliphatic carbocycles. The molecule has 9 nitrogen and oxygen atoms in total. The van der Waals surface area contributed by atoms with Gasteiger partial charge < -0.3 is 9.47 Å². The Morgan fingerprint density at radius 1 is 1.06 bits per heavy atom. The van der Waals surface area contributed by atoms with Crippen LogP contribution >= 0.6 is 11.3 Å². The van der Waals surface area contributed by atoms with Gasteiger partial charge in [0.15, 0.2) is 11.5 Å². The van der Waals surface area contributed by atoms with Crippen LogP contribution in [0.25, 0.3) is 11.4 Å². The Balaban J connectivity index is 1.43. The van der Waals surface area contributed by atoms with E-state index < -0.39 is 0 Å². The van der Waals surface area contributed by atoms with E-state index in [1.807, 2.05) is 66.0 Å². The smallest absolute Gasteiger partial charge is 0.266 e. The van der Waals surface area contributed by atoms with Gasteiger partial charge in [-0.25, -0.2) is 5.01 Å². The number of carbonyl (C=O) groups excluding carboxylic acids is 1. The molecular weight excluding hydrogens is 452 g/mol. The van der Waals surface area contributed by atoms with Gasteiger partial charge in [-0.3, -0.25) is 4.79 Å². The summed E-state index contributed by atoms with van der Waals surface area (Å²) >= 11 is 1.60. The fourth-order valence-corrected chi connectivity index (χ4v) is 4.58. The van der Waals surface area contributed by atoms with Crippen molar-refractivity contribution in [3.63, 3.8) is 0 Å². The molecule has 0 bridgehead atoms. The van der Waals surface area contributed by atoms with Crippen LogP contribution in [-0.2, 0) is 11.3 Å². The maximum Gasteiger partial charge on any atom is 0.266 e. The molecule has 34 heavy (non-hydrogen) atoms. The lowest BCUT2D eigenvalue weighted by molar-refractivity contribution is -0.134. The zero-order valence-electron chi connectivity index (χ0n) is 18.7. The van der Waals surface area contributed by atoms with E-state index in [-0.39, 0.29) is 18.5 Å². The topological polar surface area (TPSA) is 94.7 Å². The first-order valence-electron chi connectivity index (χ1n) is 10.6. The second kappa shape index (κ2) is 9.44. The number of carbonyl (C=O) groups is 1. The Kier molecular flexibility index (Phi) is 6.05. The minimum absolute atomic E-state index is 0.0785. The molecule has 0 fully saturated rings. The van der Waals surface area contributed by atoms with E-state index in [9.17, 15) is 4.79 Å². The lowest BCUT2D eigenvalue weighted by Crippen LogP contribution is -2.31. The van der Waals surface area contributed by atoms with Crippen LogP contribution in [0.2, 0.25) is 0 Å². The maximum atomic E-state index is 13.4. The van der Waals surface area contributed by atoms with Crippen molar-refractivity contribution in [2.45, 2.75) is 19.0 Å². The van der Waals surface area contributed by atoms with E-state index >= 15 is 0 Å². The largest absolute Gasteiger partial charge is 0.493 e. The van der Waals surface area contributed by atoms with Crippen LogP contribution in [0.5, 0.6) is 11.5 Å². The summed E-state index contributed by atoms with van der Waals surface area (Å²) in [6.07, 6.45) is 0.585. The highest BCUT2D eigenvalue weighted by molar-refractivity contribution is 7.12. The van der Waals surface area contributed by atoms with Crippen LogP contribution in [0.4, 0.5) is 0 Å². The predicted octanol–water partition coefficient (Wildman–Crippen LogP) is 3.80. The van der Waals surface area contributed by atoms with Crippen molar-refractivity contribution in [1.29, 1.82) is 0 Å². The average molecular weight is 475 g/mol. The number of thiophene rings is 1. The average Bonchev–Trinajstić information content (AvgIpc) is 3.65. The van der Waals surface area contributed by atoms with Gasteiger partial charge in [0.1, 0.15) is 6.54 Å².